The highest BCUT2D eigenvalue weighted by Gasteiger charge is 2.33. The summed E-state index contributed by atoms with van der Waals surface area (Å²) in [5.74, 6) is -4.01. The Morgan fingerprint density at radius 2 is 1.89 bits per heavy atom. The Hall–Kier alpha value is -3.48. The number of hydrogen-bond donors (Lipinski definition) is 7. The lowest BCUT2D eigenvalue weighted by Crippen LogP contribution is -2.58. The molecule has 0 aromatic carbocycles. The Bertz CT molecular complexity index is 885. The number of rotatable bonds is 14. The first-order valence-electron chi connectivity index (χ1n) is 11.7. The molecule has 8 N–H and O–H groups in total. The third kappa shape index (κ3) is 8.67. The average molecular weight is 494 g/mol. The second-order valence-electron chi connectivity index (χ2n) is 8.77. The number of carboxylic acids is 1. The molecule has 0 bridgehead atoms. The van der Waals surface area contributed by atoms with Gasteiger partial charge in [0.2, 0.25) is 23.6 Å². The molecule has 1 aliphatic rings. The lowest BCUT2D eigenvalue weighted by Gasteiger charge is -2.26. The van der Waals surface area contributed by atoms with Gasteiger partial charge in [0.1, 0.15) is 18.1 Å². The van der Waals surface area contributed by atoms with Crippen molar-refractivity contribution in [3.8, 4) is 0 Å². The molecule has 0 saturated carbocycles. The Balaban J connectivity index is 2.17. The van der Waals surface area contributed by atoms with Crippen LogP contribution in [0.2, 0.25) is 0 Å². The van der Waals surface area contributed by atoms with Crippen molar-refractivity contribution < 1.29 is 29.1 Å². The molecule has 1 fully saturated rings. The van der Waals surface area contributed by atoms with E-state index in [1.165, 1.54) is 12.5 Å². The van der Waals surface area contributed by atoms with Crippen molar-refractivity contribution in [2.24, 2.45) is 11.7 Å². The van der Waals surface area contributed by atoms with Crippen LogP contribution < -0.4 is 27.0 Å². The van der Waals surface area contributed by atoms with E-state index in [0.717, 1.165) is 6.42 Å². The van der Waals surface area contributed by atoms with Crippen LogP contribution in [0.3, 0.4) is 0 Å². The van der Waals surface area contributed by atoms with Crippen molar-refractivity contribution in [1.29, 1.82) is 0 Å². The maximum Gasteiger partial charge on any atom is 0.326 e. The Labute approximate surface area is 203 Å². The molecular formula is C22H35N7O6. The van der Waals surface area contributed by atoms with Crippen molar-refractivity contribution in [3.05, 3.63) is 18.2 Å². The van der Waals surface area contributed by atoms with Gasteiger partial charge in [-0.3, -0.25) is 19.2 Å². The topological polar surface area (TPSA) is 208 Å². The van der Waals surface area contributed by atoms with Crippen LogP contribution in [0.25, 0.3) is 0 Å². The van der Waals surface area contributed by atoms with Gasteiger partial charge in [0.25, 0.3) is 0 Å². The summed E-state index contributed by atoms with van der Waals surface area (Å²) in [7, 11) is 0. The van der Waals surface area contributed by atoms with E-state index >= 15 is 0 Å². The molecule has 0 radical (unpaired) electrons. The van der Waals surface area contributed by atoms with Crippen LogP contribution in [-0.2, 0) is 30.4 Å². The summed E-state index contributed by atoms with van der Waals surface area (Å²) in [6, 6.07) is -3.87. The fourth-order valence-corrected chi connectivity index (χ4v) is 3.77. The number of aromatic amines is 1. The molecule has 1 aromatic rings. The highest BCUT2D eigenvalue weighted by atomic mass is 16.4. The van der Waals surface area contributed by atoms with Gasteiger partial charge in [0, 0.05) is 24.7 Å². The Kier molecular flexibility index (Phi) is 10.6. The molecular weight excluding hydrogens is 458 g/mol. The molecule has 35 heavy (non-hydrogen) atoms. The number of imidazole rings is 1. The molecule has 2 heterocycles. The van der Waals surface area contributed by atoms with E-state index in [9.17, 15) is 29.1 Å². The lowest BCUT2D eigenvalue weighted by atomic mass is 9.98. The molecule has 2 rings (SSSR count). The first-order chi connectivity index (χ1) is 16.6. The zero-order valence-corrected chi connectivity index (χ0v) is 20.0. The number of amides is 4. The molecule has 0 aliphatic carbocycles. The number of nitrogens with one attached hydrogen (secondary N) is 5. The van der Waals surface area contributed by atoms with Crippen molar-refractivity contribution in [3.63, 3.8) is 0 Å². The summed E-state index contributed by atoms with van der Waals surface area (Å²) in [4.78, 5) is 68.6. The minimum Gasteiger partial charge on any atom is -0.480 e. The van der Waals surface area contributed by atoms with Crippen LogP contribution in [0.15, 0.2) is 12.5 Å². The number of primary amides is 1. The van der Waals surface area contributed by atoms with Crippen molar-refractivity contribution in [2.45, 2.75) is 76.5 Å². The zero-order chi connectivity index (χ0) is 26.0. The fourth-order valence-electron chi connectivity index (χ4n) is 3.77. The second kappa shape index (κ2) is 13.4. The van der Waals surface area contributed by atoms with Gasteiger partial charge in [0.15, 0.2) is 0 Å². The minimum absolute atomic E-state index is 0.0824. The molecule has 4 amide bonds. The van der Waals surface area contributed by atoms with Crippen LogP contribution in [-0.4, -0.2) is 75.4 Å². The van der Waals surface area contributed by atoms with Gasteiger partial charge < -0.3 is 37.1 Å². The van der Waals surface area contributed by atoms with Crippen LogP contribution in [0, 0.1) is 5.92 Å². The molecule has 13 heteroatoms. The minimum atomic E-state index is -1.23. The van der Waals surface area contributed by atoms with E-state index < -0.39 is 47.9 Å². The van der Waals surface area contributed by atoms with E-state index in [1.54, 1.807) is 13.8 Å². The fraction of sp³-hybridized carbons (Fsp3) is 0.636. The highest BCUT2D eigenvalue weighted by Crippen LogP contribution is 2.10. The molecule has 13 nitrogen and oxygen atoms in total. The van der Waals surface area contributed by atoms with E-state index in [4.69, 9.17) is 5.73 Å². The second-order valence-corrected chi connectivity index (χ2v) is 8.77. The van der Waals surface area contributed by atoms with Crippen LogP contribution in [0.1, 0.15) is 51.6 Å². The van der Waals surface area contributed by atoms with Crippen molar-refractivity contribution >= 4 is 29.6 Å². The summed E-state index contributed by atoms with van der Waals surface area (Å²) < 4.78 is 0. The largest absolute Gasteiger partial charge is 0.480 e. The van der Waals surface area contributed by atoms with Crippen LogP contribution in [0.4, 0.5) is 0 Å². The summed E-state index contributed by atoms with van der Waals surface area (Å²) >= 11 is 0. The van der Waals surface area contributed by atoms with Gasteiger partial charge >= 0.3 is 5.97 Å². The van der Waals surface area contributed by atoms with E-state index in [1.807, 2.05) is 0 Å². The standard InChI is InChI=1S/C22H35N7O6/c1-3-12(2)18(22(34)35)29-20(32)15(6-7-17(23)30)27-21(33)16(9-13-10-24-11-26-13)28-19(31)14-5-4-8-25-14/h10-12,14-16,18,25H,3-9H2,1-2H3,(H2,23,30)(H,24,26)(H,27,33)(H,28,31)(H,29,32)(H,34,35). The molecule has 1 aromatic heterocycles. The van der Waals surface area contributed by atoms with Gasteiger partial charge in [-0.1, -0.05) is 20.3 Å². The summed E-state index contributed by atoms with van der Waals surface area (Å²) in [5.41, 5.74) is 5.81. The maximum atomic E-state index is 13.2. The Morgan fingerprint density at radius 3 is 2.43 bits per heavy atom. The van der Waals surface area contributed by atoms with Gasteiger partial charge in [-0.05, 0) is 31.7 Å². The number of carbonyl (C=O) groups is 5. The van der Waals surface area contributed by atoms with Crippen LogP contribution >= 0.6 is 0 Å². The first-order valence-corrected chi connectivity index (χ1v) is 11.7. The summed E-state index contributed by atoms with van der Waals surface area (Å²) in [6.45, 7) is 4.18. The van der Waals surface area contributed by atoms with Gasteiger partial charge in [0.05, 0.1) is 12.4 Å². The number of aromatic nitrogens is 2. The predicted molar refractivity (Wildman–Crippen MR) is 125 cm³/mol. The van der Waals surface area contributed by atoms with E-state index in [2.05, 4.69) is 31.2 Å². The van der Waals surface area contributed by atoms with E-state index in [-0.39, 0.29) is 31.1 Å². The molecule has 1 aliphatic heterocycles. The normalized spacial score (nSPS) is 18.6. The predicted octanol–water partition coefficient (Wildman–Crippen LogP) is -1.45. The smallest absolute Gasteiger partial charge is 0.326 e. The average Bonchev–Trinajstić information content (AvgIpc) is 3.53. The van der Waals surface area contributed by atoms with E-state index in [0.29, 0.717) is 25.1 Å². The number of carboxylic acid groups (broad SMARTS) is 1. The molecule has 1 saturated heterocycles. The third-order valence-corrected chi connectivity index (χ3v) is 6.08. The van der Waals surface area contributed by atoms with Crippen molar-refractivity contribution in [1.82, 2.24) is 31.2 Å². The number of aliphatic carboxylic acids is 1. The number of H-pyrrole nitrogens is 1. The molecule has 5 atom stereocenters. The molecule has 5 unspecified atom stereocenters. The monoisotopic (exact) mass is 493 g/mol. The van der Waals surface area contributed by atoms with Crippen molar-refractivity contribution in [2.75, 3.05) is 6.54 Å². The number of nitrogens with two attached hydrogens (primary N) is 1. The zero-order valence-electron chi connectivity index (χ0n) is 20.0. The SMILES string of the molecule is CCC(C)C(NC(=O)C(CCC(N)=O)NC(=O)C(Cc1cnc[nH]1)NC(=O)C1CCCN1)C(=O)O. The maximum absolute atomic E-state index is 13.2. The molecule has 194 valence electrons. The summed E-state index contributed by atoms with van der Waals surface area (Å²) in [6.07, 6.45) is 4.68. The van der Waals surface area contributed by atoms with Gasteiger partial charge in [-0.2, -0.15) is 0 Å². The molecule has 0 spiro atoms. The highest BCUT2D eigenvalue weighted by molar-refractivity contribution is 5.94. The Morgan fingerprint density at radius 1 is 1.17 bits per heavy atom. The summed E-state index contributed by atoms with van der Waals surface area (Å²) in [5, 5.41) is 20.3. The quantitative estimate of drug-likeness (QED) is 0.163. The third-order valence-electron chi connectivity index (χ3n) is 6.08. The number of carbonyl (C=O) groups excluding carboxylic acids is 4. The van der Waals surface area contributed by atoms with Crippen LogP contribution in [0.5, 0.6) is 0 Å². The number of hydrogen-bond acceptors (Lipinski definition) is 7. The van der Waals surface area contributed by atoms with Gasteiger partial charge in [-0.25, -0.2) is 9.78 Å². The van der Waals surface area contributed by atoms with Gasteiger partial charge in [-0.15, -0.1) is 0 Å². The lowest BCUT2D eigenvalue weighted by molar-refractivity contribution is -0.144. The number of nitrogens with zero attached hydrogens (tertiary/aromatic N) is 1. The first kappa shape index (κ1) is 27.8.